The van der Waals surface area contributed by atoms with Crippen molar-refractivity contribution in [3.63, 3.8) is 0 Å². The Bertz CT molecular complexity index is 1480. The van der Waals surface area contributed by atoms with E-state index in [9.17, 15) is 26.4 Å². The van der Waals surface area contributed by atoms with Gasteiger partial charge in [0.25, 0.3) is 15.6 Å². The van der Waals surface area contributed by atoms with Crippen LogP contribution in [-0.4, -0.2) is 26.7 Å². The van der Waals surface area contributed by atoms with Crippen molar-refractivity contribution in [2.75, 3.05) is 0 Å². The van der Waals surface area contributed by atoms with Crippen LogP contribution in [0.1, 0.15) is 5.56 Å². The van der Waals surface area contributed by atoms with E-state index >= 15 is 0 Å². The van der Waals surface area contributed by atoms with E-state index in [2.05, 4.69) is 21.0 Å². The standard InChI is InChI=1S/C19H14BrF3N4O3S/c1-11-3-5-13(6-4-11)31(29,30)27-16(12-8-24-26(9-12)19(21,22)23)7-14-15(20)10-25(2)18(28)17(14)27/h3-10H,1-2H3. The fraction of sp³-hybridized carbons (Fsp3) is 0.158. The van der Waals surface area contributed by atoms with Crippen molar-refractivity contribution in [1.82, 2.24) is 18.3 Å². The van der Waals surface area contributed by atoms with Gasteiger partial charge in [0.05, 0.1) is 16.8 Å². The van der Waals surface area contributed by atoms with Gasteiger partial charge in [-0.2, -0.15) is 9.78 Å². The van der Waals surface area contributed by atoms with Crippen LogP contribution < -0.4 is 5.56 Å². The van der Waals surface area contributed by atoms with Crippen LogP contribution in [-0.2, 0) is 23.4 Å². The fourth-order valence-corrected chi connectivity index (χ4v) is 5.34. The van der Waals surface area contributed by atoms with Crippen molar-refractivity contribution in [3.05, 3.63) is 69.3 Å². The maximum atomic E-state index is 13.5. The highest BCUT2D eigenvalue weighted by atomic mass is 79.9. The Morgan fingerprint density at radius 2 is 1.74 bits per heavy atom. The monoisotopic (exact) mass is 514 g/mol. The molecule has 0 amide bonds. The molecule has 0 atom stereocenters. The van der Waals surface area contributed by atoms with E-state index in [1.807, 2.05) is 0 Å². The smallest absolute Gasteiger partial charge is 0.316 e. The molecule has 4 aromatic rings. The number of halogens is 4. The lowest BCUT2D eigenvalue weighted by Crippen LogP contribution is -2.23. The predicted molar refractivity (Wildman–Crippen MR) is 111 cm³/mol. The highest BCUT2D eigenvalue weighted by Gasteiger charge is 2.33. The van der Waals surface area contributed by atoms with E-state index in [4.69, 9.17) is 0 Å². The number of benzene rings is 1. The number of rotatable bonds is 3. The van der Waals surface area contributed by atoms with Crippen molar-refractivity contribution in [3.8, 4) is 11.3 Å². The van der Waals surface area contributed by atoms with Gasteiger partial charge in [-0.3, -0.25) is 4.79 Å². The van der Waals surface area contributed by atoms with Crippen LogP contribution in [0.15, 0.2) is 63.1 Å². The van der Waals surface area contributed by atoms with Gasteiger partial charge in [-0.1, -0.05) is 17.7 Å². The molecule has 0 bridgehead atoms. The quantitative estimate of drug-likeness (QED) is 0.414. The molecule has 31 heavy (non-hydrogen) atoms. The Kier molecular flexibility index (Phi) is 4.89. The number of nitrogens with zero attached hydrogens (tertiary/aromatic N) is 4. The van der Waals surface area contributed by atoms with E-state index in [0.717, 1.165) is 15.7 Å². The second-order valence-corrected chi connectivity index (χ2v) is 9.55. The summed E-state index contributed by atoms with van der Waals surface area (Å²) in [4.78, 5) is 12.8. The van der Waals surface area contributed by atoms with Crippen molar-refractivity contribution in [2.45, 2.75) is 18.1 Å². The summed E-state index contributed by atoms with van der Waals surface area (Å²) in [5.74, 6) is 0. The van der Waals surface area contributed by atoms with Gasteiger partial charge in [0.2, 0.25) is 0 Å². The van der Waals surface area contributed by atoms with Gasteiger partial charge in [-0.15, -0.1) is 13.2 Å². The number of hydrogen-bond acceptors (Lipinski definition) is 4. The maximum absolute atomic E-state index is 13.5. The Labute approximate surface area is 182 Å². The number of fused-ring (bicyclic) bond motifs is 1. The summed E-state index contributed by atoms with van der Waals surface area (Å²) in [7, 11) is -2.89. The van der Waals surface area contributed by atoms with Crippen molar-refractivity contribution in [1.29, 1.82) is 0 Å². The number of aryl methyl sites for hydroxylation is 2. The molecule has 0 aliphatic heterocycles. The molecule has 0 saturated carbocycles. The molecule has 0 aliphatic rings. The topological polar surface area (TPSA) is 78.9 Å². The van der Waals surface area contributed by atoms with E-state index in [1.165, 1.54) is 36.0 Å². The van der Waals surface area contributed by atoms with Crippen LogP contribution in [0.3, 0.4) is 0 Å². The lowest BCUT2D eigenvalue weighted by atomic mass is 10.2. The minimum Gasteiger partial charge on any atom is -0.316 e. The average molecular weight is 515 g/mol. The largest absolute Gasteiger partial charge is 0.504 e. The third kappa shape index (κ3) is 3.49. The lowest BCUT2D eigenvalue weighted by molar-refractivity contribution is -0.212. The van der Waals surface area contributed by atoms with Gasteiger partial charge in [0, 0.05) is 34.9 Å². The number of hydrogen-bond donors (Lipinski definition) is 0. The van der Waals surface area contributed by atoms with Gasteiger partial charge >= 0.3 is 6.30 Å². The Morgan fingerprint density at radius 3 is 2.32 bits per heavy atom. The molecule has 0 fully saturated rings. The van der Waals surface area contributed by atoms with Crippen LogP contribution in [0.4, 0.5) is 13.2 Å². The normalized spacial score (nSPS) is 12.6. The predicted octanol–water partition coefficient (Wildman–Crippen LogP) is 3.99. The first-order valence-electron chi connectivity index (χ1n) is 8.76. The Balaban J connectivity index is 2.12. The van der Waals surface area contributed by atoms with Gasteiger partial charge in [-0.25, -0.2) is 12.4 Å². The highest BCUT2D eigenvalue weighted by molar-refractivity contribution is 9.10. The van der Waals surface area contributed by atoms with Crippen LogP contribution in [0.25, 0.3) is 22.2 Å². The molecule has 0 spiro atoms. The zero-order valence-electron chi connectivity index (χ0n) is 16.1. The van der Waals surface area contributed by atoms with Gasteiger partial charge in [0.1, 0.15) is 5.52 Å². The zero-order chi connectivity index (χ0) is 22.7. The summed E-state index contributed by atoms with van der Waals surface area (Å²) >= 11 is 3.30. The number of aromatic nitrogens is 4. The maximum Gasteiger partial charge on any atom is 0.504 e. The number of pyridine rings is 1. The summed E-state index contributed by atoms with van der Waals surface area (Å²) < 4.78 is 68.4. The summed E-state index contributed by atoms with van der Waals surface area (Å²) in [5, 5.41) is 3.54. The average Bonchev–Trinajstić information content (AvgIpc) is 3.32. The molecule has 1 aromatic carbocycles. The molecule has 0 N–H and O–H groups in total. The second kappa shape index (κ2) is 7.09. The molecule has 0 aliphatic carbocycles. The molecule has 162 valence electrons. The molecular formula is C19H14BrF3N4O3S. The molecular weight excluding hydrogens is 501 g/mol. The van der Waals surface area contributed by atoms with Gasteiger partial charge in [-0.05, 0) is 41.1 Å². The zero-order valence-corrected chi connectivity index (χ0v) is 18.5. The first-order valence-corrected chi connectivity index (χ1v) is 11.0. The minimum atomic E-state index is -4.78. The van der Waals surface area contributed by atoms with E-state index < -0.39 is 21.9 Å². The van der Waals surface area contributed by atoms with Crippen molar-refractivity contribution < 1.29 is 21.6 Å². The molecule has 12 heteroatoms. The van der Waals surface area contributed by atoms with Crippen molar-refractivity contribution >= 4 is 36.9 Å². The summed E-state index contributed by atoms with van der Waals surface area (Å²) in [6, 6.07) is 7.29. The molecule has 3 heterocycles. The first-order chi connectivity index (χ1) is 14.4. The second-order valence-electron chi connectivity index (χ2n) is 6.91. The van der Waals surface area contributed by atoms with E-state index in [-0.39, 0.29) is 31.7 Å². The Hall–Kier alpha value is -2.86. The highest BCUT2D eigenvalue weighted by Crippen LogP contribution is 2.35. The summed E-state index contributed by atoms with van der Waals surface area (Å²) in [6.07, 6.45) is -1.74. The van der Waals surface area contributed by atoms with E-state index in [0.29, 0.717) is 10.7 Å². The Morgan fingerprint density at radius 1 is 1.10 bits per heavy atom. The molecule has 0 unspecified atom stereocenters. The molecule has 0 radical (unpaired) electrons. The molecule has 7 nitrogen and oxygen atoms in total. The molecule has 3 aromatic heterocycles. The minimum absolute atomic E-state index is 0.109. The first kappa shape index (κ1) is 21.4. The van der Waals surface area contributed by atoms with Crippen LogP contribution in [0, 0.1) is 6.92 Å². The van der Waals surface area contributed by atoms with Crippen LogP contribution >= 0.6 is 15.9 Å². The fourth-order valence-electron chi connectivity index (χ4n) is 3.20. The van der Waals surface area contributed by atoms with Crippen molar-refractivity contribution in [2.24, 2.45) is 7.05 Å². The summed E-state index contributed by atoms with van der Waals surface area (Å²) in [6.45, 7) is 1.78. The number of alkyl halides is 3. The lowest BCUT2D eigenvalue weighted by Gasteiger charge is -2.12. The molecule has 0 saturated heterocycles. The SMILES string of the molecule is Cc1ccc(S(=O)(=O)n2c(-c3cnn(C(F)(F)F)c3)cc3c(Br)cn(C)c(=O)c32)cc1. The third-order valence-electron chi connectivity index (χ3n) is 4.74. The van der Waals surface area contributed by atoms with Crippen LogP contribution in [0.5, 0.6) is 0 Å². The van der Waals surface area contributed by atoms with Gasteiger partial charge < -0.3 is 4.57 Å². The third-order valence-corrected chi connectivity index (χ3v) is 7.10. The van der Waals surface area contributed by atoms with E-state index in [1.54, 1.807) is 19.1 Å². The van der Waals surface area contributed by atoms with Gasteiger partial charge in [0.15, 0.2) is 0 Å². The summed E-state index contributed by atoms with van der Waals surface area (Å²) in [5.41, 5.74) is -0.217. The molecule has 4 rings (SSSR count). The van der Waals surface area contributed by atoms with Crippen LogP contribution in [0.2, 0.25) is 0 Å².